The van der Waals surface area contributed by atoms with Crippen LogP contribution in [0.4, 0.5) is 0 Å². The predicted molar refractivity (Wildman–Crippen MR) is 53.5 cm³/mol. The fourth-order valence-electron chi connectivity index (χ4n) is 2.61. The molecule has 2 rings (SSSR count). The molecule has 1 atom stereocenters. The molecule has 1 saturated heterocycles. The van der Waals surface area contributed by atoms with Crippen molar-refractivity contribution in [3.63, 3.8) is 0 Å². The molecule has 2 fully saturated rings. The highest BCUT2D eigenvalue weighted by atomic mass is 16.5. The van der Waals surface area contributed by atoms with Crippen molar-refractivity contribution in [2.24, 2.45) is 11.7 Å². The van der Waals surface area contributed by atoms with E-state index < -0.39 is 0 Å². The van der Waals surface area contributed by atoms with Gasteiger partial charge in [0, 0.05) is 12.1 Å². The Kier molecular flexibility index (Phi) is 2.89. The lowest BCUT2D eigenvalue weighted by Gasteiger charge is -2.23. The Labute approximate surface area is 80.8 Å². The van der Waals surface area contributed by atoms with E-state index in [1.807, 2.05) is 0 Å². The molecule has 1 saturated carbocycles. The van der Waals surface area contributed by atoms with Crippen molar-refractivity contribution >= 4 is 0 Å². The second-order valence-corrected chi connectivity index (χ2v) is 4.85. The Morgan fingerprint density at radius 2 is 2.08 bits per heavy atom. The average Bonchev–Trinajstić information content (AvgIpc) is 2.72. The van der Waals surface area contributed by atoms with Crippen LogP contribution in [0, 0.1) is 5.92 Å². The highest BCUT2D eigenvalue weighted by molar-refractivity contribution is 4.88. The fourth-order valence-corrected chi connectivity index (χ4v) is 2.61. The minimum Gasteiger partial charge on any atom is -0.379 e. The second kappa shape index (κ2) is 3.97. The van der Waals surface area contributed by atoms with Gasteiger partial charge in [0.25, 0.3) is 0 Å². The highest BCUT2D eigenvalue weighted by Crippen LogP contribution is 2.32. The van der Waals surface area contributed by atoms with Crippen LogP contribution in [-0.4, -0.2) is 18.8 Å². The van der Waals surface area contributed by atoms with Gasteiger partial charge in [0.1, 0.15) is 0 Å². The van der Waals surface area contributed by atoms with Gasteiger partial charge in [0.05, 0.1) is 6.61 Å². The van der Waals surface area contributed by atoms with Crippen LogP contribution in [0.5, 0.6) is 0 Å². The maximum atomic E-state index is 6.21. The summed E-state index contributed by atoms with van der Waals surface area (Å²) in [7, 11) is 0. The summed E-state index contributed by atoms with van der Waals surface area (Å²) in [4.78, 5) is 0. The van der Waals surface area contributed by atoms with Crippen molar-refractivity contribution in [3.8, 4) is 0 Å². The van der Waals surface area contributed by atoms with Gasteiger partial charge in [-0.1, -0.05) is 25.7 Å². The van der Waals surface area contributed by atoms with Gasteiger partial charge in [-0.15, -0.1) is 0 Å². The molecule has 1 aliphatic carbocycles. The first kappa shape index (κ1) is 9.47. The molecule has 1 unspecified atom stereocenters. The molecular formula is C11H21NO. The molecule has 13 heavy (non-hydrogen) atoms. The van der Waals surface area contributed by atoms with E-state index in [-0.39, 0.29) is 5.54 Å². The third kappa shape index (κ3) is 2.44. The van der Waals surface area contributed by atoms with Crippen molar-refractivity contribution in [2.45, 2.75) is 50.5 Å². The molecule has 1 heterocycles. The zero-order valence-corrected chi connectivity index (χ0v) is 8.43. The van der Waals surface area contributed by atoms with Crippen LogP contribution < -0.4 is 5.73 Å². The maximum Gasteiger partial charge on any atom is 0.0647 e. The maximum absolute atomic E-state index is 6.21. The standard InChI is InChI=1S/C11H21NO/c12-11(7-8-13-9-11)6-5-10-3-1-2-4-10/h10H,1-9,12H2. The van der Waals surface area contributed by atoms with E-state index in [9.17, 15) is 0 Å². The van der Waals surface area contributed by atoms with E-state index >= 15 is 0 Å². The van der Waals surface area contributed by atoms with Gasteiger partial charge in [-0.2, -0.15) is 0 Å². The topological polar surface area (TPSA) is 35.2 Å². The zero-order chi connectivity index (χ0) is 9.15. The fraction of sp³-hybridized carbons (Fsp3) is 1.00. The largest absolute Gasteiger partial charge is 0.379 e. The summed E-state index contributed by atoms with van der Waals surface area (Å²) in [5.74, 6) is 0.973. The van der Waals surface area contributed by atoms with E-state index in [2.05, 4.69) is 0 Å². The summed E-state index contributed by atoms with van der Waals surface area (Å²) in [6.07, 6.45) is 9.35. The van der Waals surface area contributed by atoms with E-state index in [0.717, 1.165) is 25.6 Å². The van der Waals surface area contributed by atoms with Gasteiger partial charge in [0.15, 0.2) is 0 Å². The minimum absolute atomic E-state index is 0.0303. The van der Waals surface area contributed by atoms with Crippen molar-refractivity contribution in [3.05, 3.63) is 0 Å². The Balaban J connectivity index is 1.71. The highest BCUT2D eigenvalue weighted by Gasteiger charge is 2.31. The summed E-state index contributed by atoms with van der Waals surface area (Å²) in [6.45, 7) is 1.67. The zero-order valence-electron chi connectivity index (χ0n) is 8.43. The van der Waals surface area contributed by atoms with E-state index in [4.69, 9.17) is 10.5 Å². The van der Waals surface area contributed by atoms with Gasteiger partial charge in [-0.3, -0.25) is 0 Å². The van der Waals surface area contributed by atoms with E-state index in [1.54, 1.807) is 0 Å². The molecule has 0 aromatic rings. The smallest absolute Gasteiger partial charge is 0.0647 e. The lowest BCUT2D eigenvalue weighted by molar-refractivity contribution is 0.173. The minimum atomic E-state index is 0.0303. The van der Waals surface area contributed by atoms with Crippen LogP contribution in [-0.2, 0) is 4.74 Å². The number of hydrogen-bond donors (Lipinski definition) is 1. The van der Waals surface area contributed by atoms with Gasteiger partial charge in [-0.25, -0.2) is 0 Å². The SMILES string of the molecule is NC1(CCC2CCCC2)CCOC1. The van der Waals surface area contributed by atoms with Gasteiger partial charge < -0.3 is 10.5 Å². The first-order valence-corrected chi connectivity index (χ1v) is 5.65. The number of nitrogens with two attached hydrogens (primary N) is 1. The van der Waals surface area contributed by atoms with Crippen LogP contribution in [0.25, 0.3) is 0 Å². The first-order valence-electron chi connectivity index (χ1n) is 5.65. The average molecular weight is 183 g/mol. The Morgan fingerprint density at radius 1 is 1.31 bits per heavy atom. The van der Waals surface area contributed by atoms with Crippen LogP contribution in [0.1, 0.15) is 44.9 Å². The Morgan fingerprint density at radius 3 is 2.69 bits per heavy atom. The molecular weight excluding hydrogens is 162 g/mol. The lowest BCUT2D eigenvalue weighted by atomic mass is 9.89. The van der Waals surface area contributed by atoms with Gasteiger partial charge in [-0.05, 0) is 25.2 Å². The first-order chi connectivity index (χ1) is 6.29. The van der Waals surface area contributed by atoms with Crippen molar-refractivity contribution < 1.29 is 4.74 Å². The van der Waals surface area contributed by atoms with Crippen LogP contribution in [0.15, 0.2) is 0 Å². The molecule has 2 N–H and O–H groups in total. The molecule has 1 aliphatic heterocycles. The third-order valence-corrected chi connectivity index (χ3v) is 3.66. The predicted octanol–water partition coefficient (Wildman–Crippen LogP) is 2.07. The van der Waals surface area contributed by atoms with Gasteiger partial charge in [0.2, 0.25) is 0 Å². The number of ether oxygens (including phenoxy) is 1. The number of hydrogen-bond acceptors (Lipinski definition) is 2. The summed E-state index contributed by atoms with van der Waals surface area (Å²) in [5.41, 5.74) is 6.24. The summed E-state index contributed by atoms with van der Waals surface area (Å²) in [5, 5.41) is 0. The molecule has 0 spiro atoms. The molecule has 76 valence electrons. The molecule has 0 aromatic carbocycles. The molecule has 0 aromatic heterocycles. The van der Waals surface area contributed by atoms with E-state index in [0.29, 0.717) is 0 Å². The van der Waals surface area contributed by atoms with E-state index in [1.165, 1.54) is 38.5 Å². The molecule has 2 heteroatoms. The molecule has 2 nitrogen and oxygen atoms in total. The molecule has 0 bridgehead atoms. The monoisotopic (exact) mass is 183 g/mol. The van der Waals surface area contributed by atoms with Crippen LogP contribution in [0.2, 0.25) is 0 Å². The van der Waals surface area contributed by atoms with Crippen LogP contribution in [0.3, 0.4) is 0 Å². The normalized spacial score (nSPS) is 35.8. The second-order valence-electron chi connectivity index (χ2n) is 4.85. The molecule has 2 aliphatic rings. The summed E-state index contributed by atoms with van der Waals surface area (Å²) in [6, 6.07) is 0. The van der Waals surface area contributed by atoms with Crippen molar-refractivity contribution in [1.82, 2.24) is 0 Å². The summed E-state index contributed by atoms with van der Waals surface area (Å²) < 4.78 is 5.35. The van der Waals surface area contributed by atoms with Crippen molar-refractivity contribution in [1.29, 1.82) is 0 Å². The van der Waals surface area contributed by atoms with Crippen LogP contribution >= 0.6 is 0 Å². The lowest BCUT2D eigenvalue weighted by Crippen LogP contribution is -2.40. The quantitative estimate of drug-likeness (QED) is 0.727. The third-order valence-electron chi connectivity index (χ3n) is 3.66. The summed E-state index contributed by atoms with van der Waals surface area (Å²) >= 11 is 0. The number of rotatable bonds is 3. The molecule has 0 amide bonds. The molecule has 0 radical (unpaired) electrons. The Hall–Kier alpha value is -0.0800. The Bertz CT molecular complexity index is 157. The van der Waals surface area contributed by atoms with Gasteiger partial charge >= 0.3 is 0 Å². The van der Waals surface area contributed by atoms with Crippen molar-refractivity contribution in [2.75, 3.05) is 13.2 Å².